The van der Waals surface area contributed by atoms with Gasteiger partial charge in [0.05, 0.1) is 18.2 Å². The van der Waals surface area contributed by atoms with Gasteiger partial charge in [0.2, 0.25) is 15.9 Å². The molecule has 0 N–H and O–H groups in total. The summed E-state index contributed by atoms with van der Waals surface area (Å²) in [6.07, 6.45) is 4.90. The number of sulfonamides is 1. The lowest BCUT2D eigenvalue weighted by molar-refractivity contribution is -0.135. The maximum atomic E-state index is 14.9. The predicted octanol–water partition coefficient (Wildman–Crippen LogP) is 4.33. The van der Waals surface area contributed by atoms with Crippen LogP contribution in [0.2, 0.25) is 0 Å². The molecule has 9 heteroatoms. The summed E-state index contributed by atoms with van der Waals surface area (Å²) in [5.41, 5.74) is 1.68. The van der Waals surface area contributed by atoms with Crippen LogP contribution in [-0.2, 0) is 14.8 Å². The lowest BCUT2D eigenvalue weighted by atomic mass is 9.87. The van der Waals surface area contributed by atoms with Gasteiger partial charge in [0.15, 0.2) is 0 Å². The van der Waals surface area contributed by atoms with E-state index in [2.05, 4.69) is 18.1 Å². The highest BCUT2D eigenvalue weighted by Gasteiger charge is 2.45. The first-order valence-corrected chi connectivity index (χ1v) is 14.4. The van der Waals surface area contributed by atoms with E-state index in [4.69, 9.17) is 0 Å². The van der Waals surface area contributed by atoms with Gasteiger partial charge in [-0.25, -0.2) is 17.2 Å². The number of hydrogen-bond acceptors (Lipinski definition) is 4. The van der Waals surface area contributed by atoms with Crippen LogP contribution in [0.3, 0.4) is 0 Å². The van der Waals surface area contributed by atoms with Crippen molar-refractivity contribution >= 4 is 15.9 Å². The lowest BCUT2D eigenvalue weighted by Gasteiger charge is -2.32. The third-order valence-electron chi connectivity index (χ3n) is 7.64. The molecule has 37 heavy (non-hydrogen) atoms. The topological polar surface area (TPSA) is 60.9 Å². The highest BCUT2D eigenvalue weighted by Crippen LogP contribution is 2.39. The molecular weight excluding hydrogens is 496 g/mol. The van der Waals surface area contributed by atoms with Gasteiger partial charge < -0.3 is 4.90 Å². The number of carbonyl (C=O) groups excluding carboxylic acids is 1. The first-order valence-electron chi connectivity index (χ1n) is 12.6. The molecule has 0 aliphatic carbocycles. The molecule has 2 aliphatic rings. The second kappa shape index (κ2) is 11.2. The van der Waals surface area contributed by atoms with E-state index < -0.39 is 39.5 Å². The van der Waals surface area contributed by atoms with Gasteiger partial charge in [-0.3, -0.25) is 9.69 Å². The van der Waals surface area contributed by atoms with Crippen molar-refractivity contribution in [2.24, 2.45) is 5.92 Å². The Morgan fingerprint density at radius 3 is 2.30 bits per heavy atom. The summed E-state index contributed by atoms with van der Waals surface area (Å²) in [6, 6.07) is 3.06. The van der Waals surface area contributed by atoms with Gasteiger partial charge in [-0.2, -0.15) is 4.31 Å². The summed E-state index contributed by atoms with van der Waals surface area (Å²) in [7, 11) is -3.57. The molecule has 3 atom stereocenters. The quantitative estimate of drug-likeness (QED) is 0.509. The second-order valence-electron chi connectivity index (χ2n) is 11.0. The zero-order chi connectivity index (χ0) is 27.7. The Morgan fingerprint density at radius 2 is 1.76 bits per heavy atom. The molecule has 1 unspecified atom stereocenters. The molecule has 0 saturated carbocycles. The molecule has 2 aliphatic heterocycles. The Labute approximate surface area is 220 Å². The largest absolute Gasteiger partial charge is 0.341 e. The van der Waals surface area contributed by atoms with Crippen LogP contribution in [0, 0.1) is 17.6 Å². The highest BCUT2D eigenvalue weighted by molar-refractivity contribution is 7.88. The van der Waals surface area contributed by atoms with Gasteiger partial charge in [0.1, 0.15) is 11.6 Å². The van der Waals surface area contributed by atoms with Crippen molar-refractivity contribution in [3.63, 3.8) is 0 Å². The zero-order valence-electron chi connectivity index (χ0n) is 22.5. The molecule has 0 aromatic heterocycles. The number of hydrogen-bond donors (Lipinski definition) is 0. The Balaban J connectivity index is 1.95. The summed E-state index contributed by atoms with van der Waals surface area (Å²) in [4.78, 5) is 17.8. The van der Waals surface area contributed by atoms with Crippen LogP contribution in [0.25, 0.3) is 0 Å². The van der Waals surface area contributed by atoms with Crippen molar-refractivity contribution in [3.05, 3.63) is 71.9 Å². The minimum Gasteiger partial charge on any atom is -0.341 e. The molecule has 1 aromatic rings. The second-order valence-corrected chi connectivity index (χ2v) is 12.9. The number of likely N-dealkylation sites (tertiary alicyclic amines) is 1. The minimum atomic E-state index is -3.57. The Bertz CT molecular complexity index is 1190. The van der Waals surface area contributed by atoms with Crippen LogP contribution in [0.4, 0.5) is 8.78 Å². The number of allylic oxidation sites excluding steroid dienone is 2. The van der Waals surface area contributed by atoms with Gasteiger partial charge in [-0.15, -0.1) is 0 Å². The highest BCUT2D eigenvalue weighted by atomic mass is 32.2. The molecule has 6 nitrogen and oxygen atoms in total. The summed E-state index contributed by atoms with van der Waals surface area (Å²) >= 11 is 0. The van der Waals surface area contributed by atoms with E-state index in [1.165, 1.54) is 22.7 Å². The van der Waals surface area contributed by atoms with E-state index in [1.54, 1.807) is 17.1 Å². The van der Waals surface area contributed by atoms with Crippen LogP contribution in [-0.4, -0.2) is 79.0 Å². The fourth-order valence-corrected chi connectivity index (χ4v) is 6.56. The van der Waals surface area contributed by atoms with Gasteiger partial charge in [0, 0.05) is 50.2 Å². The van der Waals surface area contributed by atoms with Crippen LogP contribution in [0.1, 0.15) is 45.6 Å². The third kappa shape index (κ3) is 6.38. The smallest absolute Gasteiger partial charge is 0.227 e. The van der Waals surface area contributed by atoms with Gasteiger partial charge >= 0.3 is 0 Å². The Morgan fingerprint density at radius 1 is 1.08 bits per heavy atom. The van der Waals surface area contributed by atoms with Gasteiger partial charge in [0.25, 0.3) is 0 Å². The van der Waals surface area contributed by atoms with E-state index in [0.29, 0.717) is 31.6 Å². The van der Waals surface area contributed by atoms with Gasteiger partial charge in [-0.05, 0) is 56.9 Å². The maximum absolute atomic E-state index is 14.9. The van der Waals surface area contributed by atoms with Crippen LogP contribution >= 0.6 is 0 Å². The molecule has 0 radical (unpaired) electrons. The molecule has 1 aromatic carbocycles. The summed E-state index contributed by atoms with van der Waals surface area (Å²) < 4.78 is 55.4. The fourth-order valence-electron chi connectivity index (χ4n) is 5.47. The van der Waals surface area contributed by atoms with Crippen LogP contribution in [0.15, 0.2) is 54.7 Å². The lowest BCUT2D eigenvalue weighted by Crippen LogP contribution is -2.44. The van der Waals surface area contributed by atoms with E-state index in [9.17, 15) is 22.0 Å². The van der Waals surface area contributed by atoms with E-state index >= 15 is 0 Å². The minimum absolute atomic E-state index is 0.140. The molecule has 204 valence electrons. The SMILES string of the molecule is C=C/C(C)=C(\C=C)C1CCN(C(=O)[C@@H]2CN(C(C)(C)C)C[C@H]2c2ccc(F)cc2F)CCN1S(C)(=O)=O. The first kappa shape index (κ1) is 29.2. The van der Waals surface area contributed by atoms with Crippen LogP contribution in [0.5, 0.6) is 0 Å². The standard InChI is InChI=1S/C28H39F2N3O3S/c1-8-19(3)21(9-2)26-12-13-31(14-15-33(26)37(7,35)36)27(34)24-18-32(28(4,5)6)17-23(24)22-11-10-20(29)16-25(22)30/h8-11,16,23-24,26H,1-2,12-15,17-18H2,3-7H3/b21-19+/t23-,24+,26?/m0/s1. The number of carbonyl (C=O) groups is 1. The molecule has 2 fully saturated rings. The van der Waals surface area contributed by atoms with E-state index in [-0.39, 0.29) is 24.5 Å². The predicted molar refractivity (Wildman–Crippen MR) is 144 cm³/mol. The van der Waals surface area contributed by atoms with Crippen molar-refractivity contribution < 1.29 is 22.0 Å². The average Bonchev–Trinajstić information content (AvgIpc) is 3.13. The molecule has 0 spiro atoms. The number of rotatable bonds is 6. The molecule has 3 rings (SSSR count). The number of halogens is 2. The molecule has 1 amide bonds. The normalized spacial score (nSPS) is 24.9. The zero-order valence-corrected chi connectivity index (χ0v) is 23.3. The Kier molecular flexibility index (Phi) is 8.82. The van der Waals surface area contributed by atoms with Crippen molar-refractivity contribution in [1.29, 1.82) is 0 Å². The first-order chi connectivity index (χ1) is 17.2. The summed E-state index contributed by atoms with van der Waals surface area (Å²) in [5, 5.41) is 0. The maximum Gasteiger partial charge on any atom is 0.227 e. The molecule has 2 heterocycles. The van der Waals surface area contributed by atoms with E-state index in [1.807, 2.05) is 27.7 Å². The van der Waals surface area contributed by atoms with Crippen LogP contribution < -0.4 is 0 Å². The monoisotopic (exact) mass is 535 g/mol. The molecule has 2 saturated heterocycles. The number of amides is 1. The molecular formula is C28H39F2N3O3S. The van der Waals surface area contributed by atoms with E-state index in [0.717, 1.165) is 17.2 Å². The summed E-state index contributed by atoms with van der Waals surface area (Å²) in [5.74, 6) is -2.43. The van der Waals surface area contributed by atoms with Gasteiger partial charge in [-0.1, -0.05) is 31.4 Å². The van der Waals surface area contributed by atoms with Crippen molar-refractivity contribution in [3.8, 4) is 0 Å². The fraction of sp³-hybridized carbons (Fsp3) is 0.536. The van der Waals surface area contributed by atoms with Crippen molar-refractivity contribution in [2.45, 2.75) is 51.6 Å². The van der Waals surface area contributed by atoms with Crippen molar-refractivity contribution in [2.75, 3.05) is 39.0 Å². The third-order valence-corrected chi connectivity index (χ3v) is 8.93. The number of nitrogens with zero attached hydrogens (tertiary/aromatic N) is 3. The number of benzene rings is 1. The van der Waals surface area contributed by atoms with Crippen molar-refractivity contribution in [1.82, 2.24) is 14.1 Å². The average molecular weight is 536 g/mol. The molecule has 0 bridgehead atoms. The summed E-state index contributed by atoms with van der Waals surface area (Å²) in [6.45, 7) is 17.3. The Hall–Kier alpha value is -2.36.